The lowest BCUT2D eigenvalue weighted by atomic mass is 9.95. The van der Waals surface area contributed by atoms with Crippen LogP contribution in [0.25, 0.3) is 0 Å². The third-order valence-electron chi connectivity index (χ3n) is 4.02. The van der Waals surface area contributed by atoms with Crippen LogP contribution in [0.5, 0.6) is 0 Å². The first-order valence-corrected chi connectivity index (χ1v) is 6.90. The van der Waals surface area contributed by atoms with Crippen LogP contribution in [-0.4, -0.2) is 30.6 Å². The first-order valence-electron chi connectivity index (χ1n) is 6.90. The van der Waals surface area contributed by atoms with E-state index in [4.69, 9.17) is 5.73 Å². The molecule has 18 heavy (non-hydrogen) atoms. The van der Waals surface area contributed by atoms with Crippen molar-refractivity contribution in [3.8, 4) is 0 Å². The van der Waals surface area contributed by atoms with Gasteiger partial charge < -0.3 is 10.6 Å². The van der Waals surface area contributed by atoms with E-state index in [1.54, 1.807) is 0 Å². The van der Waals surface area contributed by atoms with E-state index in [0.717, 1.165) is 12.1 Å². The smallest absolute Gasteiger partial charge is 0.123 e. The Morgan fingerprint density at radius 3 is 2.67 bits per heavy atom. The van der Waals surface area contributed by atoms with Gasteiger partial charge in [0.05, 0.1) is 0 Å². The number of likely N-dealkylation sites (tertiary alicyclic amines) is 1. The van der Waals surface area contributed by atoms with Gasteiger partial charge in [0.15, 0.2) is 0 Å². The average molecular weight is 250 g/mol. The maximum Gasteiger partial charge on any atom is 0.123 e. The van der Waals surface area contributed by atoms with Gasteiger partial charge in [-0.15, -0.1) is 0 Å². The Bertz CT molecular complexity index is 363. The molecule has 1 saturated heterocycles. The van der Waals surface area contributed by atoms with Crippen LogP contribution in [0.15, 0.2) is 24.3 Å². The molecular weight excluding hydrogens is 227 g/mol. The molecule has 1 aromatic carbocycles. The summed E-state index contributed by atoms with van der Waals surface area (Å²) in [5.41, 5.74) is 7.03. The number of benzene rings is 1. The van der Waals surface area contributed by atoms with Crippen LogP contribution in [-0.2, 0) is 0 Å². The fourth-order valence-electron chi connectivity index (χ4n) is 2.76. The Morgan fingerprint density at radius 2 is 2.06 bits per heavy atom. The topological polar surface area (TPSA) is 29.3 Å². The molecular formula is C15H23FN2. The molecule has 1 aliphatic rings. The van der Waals surface area contributed by atoms with Crippen LogP contribution in [0.3, 0.4) is 0 Å². The lowest BCUT2D eigenvalue weighted by molar-refractivity contribution is 0.152. The van der Waals surface area contributed by atoms with Crippen LogP contribution >= 0.6 is 0 Å². The van der Waals surface area contributed by atoms with Crippen LogP contribution in [0.2, 0.25) is 0 Å². The van der Waals surface area contributed by atoms with Gasteiger partial charge >= 0.3 is 0 Å². The van der Waals surface area contributed by atoms with Crippen molar-refractivity contribution in [2.45, 2.75) is 38.1 Å². The molecule has 2 rings (SSSR count). The Hall–Kier alpha value is -0.930. The highest BCUT2D eigenvalue weighted by Crippen LogP contribution is 2.22. The zero-order valence-electron chi connectivity index (χ0n) is 11.1. The number of hydrogen-bond acceptors (Lipinski definition) is 2. The number of piperidine rings is 1. The Kier molecular flexibility index (Phi) is 4.72. The summed E-state index contributed by atoms with van der Waals surface area (Å²) in [6.07, 6.45) is 3.90. The van der Waals surface area contributed by atoms with E-state index in [2.05, 4.69) is 11.8 Å². The number of nitrogens with zero attached hydrogens (tertiary/aromatic N) is 1. The molecule has 0 saturated carbocycles. The molecule has 2 N–H and O–H groups in total. The monoisotopic (exact) mass is 250 g/mol. The van der Waals surface area contributed by atoms with E-state index < -0.39 is 0 Å². The van der Waals surface area contributed by atoms with E-state index in [-0.39, 0.29) is 5.82 Å². The van der Waals surface area contributed by atoms with E-state index in [9.17, 15) is 4.39 Å². The van der Waals surface area contributed by atoms with Crippen molar-refractivity contribution in [3.63, 3.8) is 0 Å². The van der Waals surface area contributed by atoms with Crippen molar-refractivity contribution in [3.05, 3.63) is 35.6 Å². The molecule has 0 spiro atoms. The van der Waals surface area contributed by atoms with Gasteiger partial charge in [-0.2, -0.15) is 0 Å². The van der Waals surface area contributed by atoms with E-state index >= 15 is 0 Å². The van der Waals surface area contributed by atoms with Crippen molar-refractivity contribution in [2.75, 3.05) is 19.6 Å². The normalized spacial score (nSPS) is 22.9. The van der Waals surface area contributed by atoms with Crippen LogP contribution < -0.4 is 5.73 Å². The quantitative estimate of drug-likeness (QED) is 0.890. The predicted octanol–water partition coefficient (Wildman–Crippen LogP) is 2.74. The molecule has 100 valence electrons. The minimum Gasteiger partial charge on any atom is -0.330 e. The molecule has 2 unspecified atom stereocenters. The summed E-state index contributed by atoms with van der Waals surface area (Å²) in [4.78, 5) is 2.52. The van der Waals surface area contributed by atoms with E-state index in [1.165, 1.54) is 37.9 Å². The number of halogens is 1. The van der Waals surface area contributed by atoms with Crippen molar-refractivity contribution in [1.82, 2.24) is 4.90 Å². The van der Waals surface area contributed by atoms with Gasteiger partial charge in [-0.05, 0) is 44.0 Å². The summed E-state index contributed by atoms with van der Waals surface area (Å²) >= 11 is 0. The van der Waals surface area contributed by atoms with E-state index in [0.29, 0.717) is 18.5 Å². The van der Waals surface area contributed by atoms with Gasteiger partial charge in [0.25, 0.3) is 0 Å². The van der Waals surface area contributed by atoms with Crippen molar-refractivity contribution >= 4 is 0 Å². The third-order valence-corrected chi connectivity index (χ3v) is 4.02. The first kappa shape index (κ1) is 13.5. The number of rotatable bonds is 4. The fraction of sp³-hybridized carbons (Fsp3) is 0.600. The molecule has 2 atom stereocenters. The molecule has 1 aromatic rings. The summed E-state index contributed by atoms with van der Waals surface area (Å²) in [5.74, 6) is 0.131. The van der Waals surface area contributed by atoms with Gasteiger partial charge in [0.1, 0.15) is 5.82 Å². The number of nitrogens with two attached hydrogens (primary N) is 1. The number of hydrogen-bond donors (Lipinski definition) is 1. The maximum absolute atomic E-state index is 12.9. The summed E-state index contributed by atoms with van der Waals surface area (Å²) < 4.78 is 12.9. The highest BCUT2D eigenvalue weighted by Gasteiger charge is 2.21. The molecule has 0 aliphatic carbocycles. The molecule has 3 heteroatoms. The average Bonchev–Trinajstić information content (AvgIpc) is 2.39. The second-order valence-electron chi connectivity index (χ2n) is 5.32. The summed E-state index contributed by atoms with van der Waals surface area (Å²) in [7, 11) is 0. The van der Waals surface area contributed by atoms with E-state index in [1.807, 2.05) is 12.1 Å². The fourth-order valence-corrected chi connectivity index (χ4v) is 2.76. The van der Waals surface area contributed by atoms with Crippen LogP contribution in [0.4, 0.5) is 4.39 Å². The first-order chi connectivity index (χ1) is 8.70. The third kappa shape index (κ3) is 3.30. The lowest BCUT2D eigenvalue weighted by Gasteiger charge is -2.35. The SMILES string of the molecule is CC1CCCCN1CC(CN)c1ccc(F)cc1. The molecule has 1 aliphatic heterocycles. The zero-order valence-corrected chi connectivity index (χ0v) is 11.1. The standard InChI is InChI=1S/C15H23FN2/c1-12-4-2-3-9-18(12)11-14(10-17)13-5-7-15(16)8-6-13/h5-8,12,14H,2-4,9-11,17H2,1H3. The Balaban J connectivity index is 2.02. The second-order valence-corrected chi connectivity index (χ2v) is 5.32. The molecule has 0 bridgehead atoms. The largest absolute Gasteiger partial charge is 0.330 e. The minimum atomic E-state index is -0.180. The van der Waals surface area contributed by atoms with Crippen LogP contribution in [0, 0.1) is 5.82 Å². The summed E-state index contributed by atoms with van der Waals surface area (Å²) in [6.45, 7) is 5.06. The Morgan fingerprint density at radius 1 is 1.33 bits per heavy atom. The van der Waals surface area contributed by atoms with Crippen molar-refractivity contribution in [1.29, 1.82) is 0 Å². The van der Waals surface area contributed by atoms with Gasteiger partial charge in [0, 0.05) is 25.0 Å². The summed E-state index contributed by atoms with van der Waals surface area (Å²) in [6, 6.07) is 7.42. The maximum atomic E-state index is 12.9. The van der Waals surface area contributed by atoms with Gasteiger partial charge in [-0.3, -0.25) is 0 Å². The zero-order chi connectivity index (χ0) is 13.0. The molecule has 1 fully saturated rings. The van der Waals surface area contributed by atoms with Gasteiger partial charge in [0.2, 0.25) is 0 Å². The lowest BCUT2D eigenvalue weighted by Crippen LogP contribution is -2.41. The molecule has 2 nitrogen and oxygen atoms in total. The molecule has 0 amide bonds. The highest BCUT2D eigenvalue weighted by molar-refractivity contribution is 5.21. The van der Waals surface area contributed by atoms with Crippen molar-refractivity contribution in [2.24, 2.45) is 5.73 Å². The summed E-state index contributed by atoms with van der Waals surface area (Å²) in [5, 5.41) is 0. The van der Waals surface area contributed by atoms with Crippen LogP contribution in [0.1, 0.15) is 37.7 Å². The molecule has 0 aromatic heterocycles. The minimum absolute atomic E-state index is 0.180. The second kappa shape index (κ2) is 6.30. The highest BCUT2D eigenvalue weighted by atomic mass is 19.1. The van der Waals surface area contributed by atoms with Crippen molar-refractivity contribution < 1.29 is 4.39 Å². The Labute approximate surface area is 109 Å². The predicted molar refractivity (Wildman–Crippen MR) is 73.1 cm³/mol. The molecule has 0 radical (unpaired) electrons. The molecule has 1 heterocycles. The van der Waals surface area contributed by atoms with Gasteiger partial charge in [-0.25, -0.2) is 4.39 Å². The van der Waals surface area contributed by atoms with Gasteiger partial charge in [-0.1, -0.05) is 18.6 Å².